The molecule has 1 atom stereocenters. The molecule has 1 unspecified atom stereocenters. The Morgan fingerprint density at radius 3 is 2.74 bits per heavy atom. The third kappa shape index (κ3) is 3.51. The highest BCUT2D eigenvalue weighted by Gasteiger charge is 2.34. The summed E-state index contributed by atoms with van der Waals surface area (Å²) in [6.45, 7) is 7.12. The van der Waals surface area contributed by atoms with Gasteiger partial charge in [-0.2, -0.15) is 0 Å². The molecule has 0 radical (unpaired) electrons. The highest BCUT2D eigenvalue weighted by atomic mass is 35.5. The maximum atomic E-state index is 13.2. The third-order valence-corrected chi connectivity index (χ3v) is 5.18. The number of rotatable bonds is 1. The fraction of sp³-hybridized carbons (Fsp3) is 0.421. The Morgan fingerprint density at radius 2 is 2.00 bits per heavy atom. The van der Waals surface area contributed by atoms with Crippen LogP contribution in [-0.2, 0) is 0 Å². The zero-order valence-corrected chi connectivity index (χ0v) is 16.2. The minimum Gasteiger partial charge on any atom is -0.489 e. The largest absolute Gasteiger partial charge is 0.489 e. The van der Waals surface area contributed by atoms with E-state index in [1.54, 1.807) is 18.3 Å². The Morgan fingerprint density at radius 1 is 1.22 bits per heavy atom. The van der Waals surface area contributed by atoms with E-state index in [2.05, 4.69) is 14.9 Å². The molecule has 2 aliphatic rings. The van der Waals surface area contributed by atoms with Crippen LogP contribution in [0.2, 0.25) is 5.02 Å². The second kappa shape index (κ2) is 7.23. The van der Waals surface area contributed by atoms with E-state index in [1.165, 1.54) is 0 Å². The van der Waals surface area contributed by atoms with E-state index in [0.717, 1.165) is 30.4 Å². The van der Waals surface area contributed by atoms with Gasteiger partial charge >= 0.3 is 6.03 Å². The van der Waals surface area contributed by atoms with Gasteiger partial charge in [0.25, 0.3) is 0 Å². The number of halogens is 1. The Hall–Kier alpha value is -2.54. The lowest BCUT2D eigenvalue weighted by Gasteiger charge is -2.41. The molecule has 4 rings (SSSR count). The number of piperazine rings is 1. The molecule has 2 aromatic rings. The zero-order valence-electron chi connectivity index (χ0n) is 15.4. The van der Waals surface area contributed by atoms with Crippen LogP contribution in [0.15, 0.2) is 30.5 Å². The number of fused-ring (bicyclic) bond motifs is 1. The number of hydrogen-bond acceptors (Lipinski definition) is 5. The van der Waals surface area contributed by atoms with Crippen LogP contribution in [0.1, 0.15) is 12.7 Å². The highest BCUT2D eigenvalue weighted by Crippen LogP contribution is 2.36. The zero-order chi connectivity index (χ0) is 19.0. The standard InChI is InChI=1S/C19H22ClN5O2/c1-13-12-27-17-11-15(20)3-4-16(17)25(13)19(26)24-9-7-23(8-10-24)18-5-6-21-14(2)22-18/h3-6,11,13H,7-10,12H2,1-2H3. The average molecular weight is 388 g/mol. The van der Waals surface area contributed by atoms with Gasteiger partial charge in [0.15, 0.2) is 0 Å². The maximum absolute atomic E-state index is 13.2. The summed E-state index contributed by atoms with van der Waals surface area (Å²) >= 11 is 6.06. The normalized spacial score (nSPS) is 19.5. The Balaban J connectivity index is 1.48. The van der Waals surface area contributed by atoms with Gasteiger partial charge in [-0.15, -0.1) is 0 Å². The Labute approximate surface area is 163 Å². The summed E-state index contributed by atoms with van der Waals surface area (Å²) in [6.07, 6.45) is 1.77. The number of ether oxygens (including phenoxy) is 1. The molecule has 1 saturated heterocycles. The number of aryl methyl sites for hydroxylation is 1. The van der Waals surface area contributed by atoms with E-state index >= 15 is 0 Å². The van der Waals surface area contributed by atoms with Crippen LogP contribution in [0.5, 0.6) is 5.75 Å². The molecular weight excluding hydrogens is 366 g/mol. The molecule has 8 heteroatoms. The van der Waals surface area contributed by atoms with Crippen LogP contribution < -0.4 is 14.5 Å². The van der Waals surface area contributed by atoms with Crippen molar-refractivity contribution >= 4 is 29.1 Å². The first kappa shape index (κ1) is 17.9. The van der Waals surface area contributed by atoms with Crippen LogP contribution in [0.25, 0.3) is 0 Å². The van der Waals surface area contributed by atoms with E-state index in [1.807, 2.05) is 35.8 Å². The van der Waals surface area contributed by atoms with E-state index in [9.17, 15) is 4.79 Å². The first-order valence-electron chi connectivity index (χ1n) is 9.08. The summed E-state index contributed by atoms with van der Waals surface area (Å²) in [5, 5.41) is 0.601. The first-order chi connectivity index (χ1) is 13.0. The van der Waals surface area contributed by atoms with Gasteiger partial charge < -0.3 is 14.5 Å². The van der Waals surface area contributed by atoms with Crippen molar-refractivity contribution in [3.8, 4) is 5.75 Å². The van der Waals surface area contributed by atoms with Crippen molar-refractivity contribution in [3.05, 3.63) is 41.3 Å². The van der Waals surface area contributed by atoms with Gasteiger partial charge in [0.05, 0.1) is 11.7 Å². The van der Waals surface area contributed by atoms with E-state index in [-0.39, 0.29) is 12.1 Å². The highest BCUT2D eigenvalue weighted by molar-refractivity contribution is 6.30. The molecule has 7 nitrogen and oxygen atoms in total. The molecule has 0 saturated carbocycles. The fourth-order valence-electron chi connectivity index (χ4n) is 3.52. The average Bonchev–Trinajstić information content (AvgIpc) is 2.68. The van der Waals surface area contributed by atoms with E-state index < -0.39 is 0 Å². The molecule has 3 heterocycles. The Bertz CT molecular complexity index is 854. The van der Waals surface area contributed by atoms with Crippen molar-refractivity contribution in [2.24, 2.45) is 0 Å². The fourth-order valence-corrected chi connectivity index (χ4v) is 3.68. The lowest BCUT2D eigenvalue weighted by atomic mass is 10.1. The number of anilines is 2. The quantitative estimate of drug-likeness (QED) is 0.752. The van der Waals surface area contributed by atoms with Crippen molar-refractivity contribution in [3.63, 3.8) is 0 Å². The molecule has 2 aliphatic heterocycles. The lowest BCUT2D eigenvalue weighted by Crippen LogP contribution is -2.56. The van der Waals surface area contributed by atoms with Crippen LogP contribution in [0, 0.1) is 6.92 Å². The minimum atomic E-state index is -0.0336. The number of urea groups is 1. The summed E-state index contributed by atoms with van der Waals surface area (Å²) in [7, 11) is 0. The summed E-state index contributed by atoms with van der Waals surface area (Å²) < 4.78 is 5.75. The van der Waals surface area contributed by atoms with Gasteiger partial charge in [-0.3, -0.25) is 4.90 Å². The number of carbonyl (C=O) groups is 1. The van der Waals surface area contributed by atoms with Gasteiger partial charge in [-0.05, 0) is 32.0 Å². The number of carbonyl (C=O) groups excluding carboxylic acids is 1. The van der Waals surface area contributed by atoms with Gasteiger partial charge in [0.1, 0.15) is 24.0 Å². The van der Waals surface area contributed by atoms with Crippen LogP contribution in [0.3, 0.4) is 0 Å². The number of amides is 2. The molecule has 1 fully saturated rings. The van der Waals surface area contributed by atoms with Crippen molar-refractivity contribution in [2.45, 2.75) is 19.9 Å². The van der Waals surface area contributed by atoms with E-state index in [0.29, 0.717) is 30.5 Å². The summed E-state index contributed by atoms with van der Waals surface area (Å²) in [5.74, 6) is 2.32. The summed E-state index contributed by atoms with van der Waals surface area (Å²) in [5.41, 5.74) is 0.775. The number of hydrogen-bond donors (Lipinski definition) is 0. The molecule has 27 heavy (non-hydrogen) atoms. The van der Waals surface area contributed by atoms with Crippen LogP contribution in [0.4, 0.5) is 16.3 Å². The monoisotopic (exact) mass is 387 g/mol. The molecule has 0 bridgehead atoms. The van der Waals surface area contributed by atoms with Crippen LogP contribution >= 0.6 is 11.6 Å². The Kier molecular flexibility index (Phi) is 4.78. The SMILES string of the molecule is Cc1nccc(N2CCN(C(=O)N3c4ccc(Cl)cc4OCC3C)CC2)n1. The van der Waals surface area contributed by atoms with Gasteiger partial charge in [-0.25, -0.2) is 14.8 Å². The molecule has 1 aromatic heterocycles. The van der Waals surface area contributed by atoms with Crippen molar-refractivity contribution < 1.29 is 9.53 Å². The molecule has 142 valence electrons. The van der Waals surface area contributed by atoms with Crippen molar-refractivity contribution in [1.82, 2.24) is 14.9 Å². The first-order valence-corrected chi connectivity index (χ1v) is 9.46. The lowest BCUT2D eigenvalue weighted by molar-refractivity contribution is 0.190. The second-order valence-electron chi connectivity index (χ2n) is 6.86. The summed E-state index contributed by atoms with van der Waals surface area (Å²) in [4.78, 5) is 27.8. The maximum Gasteiger partial charge on any atom is 0.325 e. The van der Waals surface area contributed by atoms with Crippen LogP contribution in [-0.4, -0.2) is 59.7 Å². The van der Waals surface area contributed by atoms with Crippen molar-refractivity contribution in [2.75, 3.05) is 42.6 Å². The van der Waals surface area contributed by atoms with E-state index in [4.69, 9.17) is 16.3 Å². The molecule has 0 N–H and O–H groups in total. The number of benzene rings is 1. The topological polar surface area (TPSA) is 61.8 Å². The van der Waals surface area contributed by atoms with Gasteiger partial charge in [0, 0.05) is 43.5 Å². The number of aromatic nitrogens is 2. The second-order valence-corrected chi connectivity index (χ2v) is 7.30. The molecular formula is C19H22ClN5O2. The molecule has 0 spiro atoms. The number of nitrogens with zero attached hydrogens (tertiary/aromatic N) is 5. The predicted molar refractivity (Wildman–Crippen MR) is 105 cm³/mol. The molecule has 0 aliphatic carbocycles. The van der Waals surface area contributed by atoms with Gasteiger partial charge in [0.2, 0.25) is 0 Å². The van der Waals surface area contributed by atoms with Gasteiger partial charge in [-0.1, -0.05) is 11.6 Å². The minimum absolute atomic E-state index is 0.00731. The molecule has 1 aromatic carbocycles. The van der Waals surface area contributed by atoms with Crippen molar-refractivity contribution in [1.29, 1.82) is 0 Å². The smallest absolute Gasteiger partial charge is 0.325 e. The predicted octanol–water partition coefficient (Wildman–Crippen LogP) is 2.97. The molecule has 2 amide bonds. The summed E-state index contributed by atoms with van der Waals surface area (Å²) in [6, 6.07) is 7.29. The third-order valence-electron chi connectivity index (χ3n) is 4.94.